The van der Waals surface area contributed by atoms with Crippen molar-refractivity contribution in [1.29, 1.82) is 0 Å². The van der Waals surface area contributed by atoms with Gasteiger partial charge in [-0.25, -0.2) is 5.43 Å². The first-order valence-corrected chi connectivity index (χ1v) is 14.0. The number of methoxy groups -OCH3 is 1. The molecule has 42 heavy (non-hydrogen) atoms. The van der Waals surface area contributed by atoms with Crippen LogP contribution in [0.4, 0.5) is 23.5 Å². The SMILES string of the molecule is CCN(CC)c1nc(NN=Cc2ccc(OCc3ccc(Cl)cc3Cl)c(OC)c2)nc(Nc2ccc(C)c(Cl)c2)n1.Cl. The number of ether oxygens (including phenoxy) is 2. The molecule has 4 rings (SSSR count). The molecular formula is C29H31Cl4N7O2. The van der Waals surface area contributed by atoms with Gasteiger partial charge in [0.15, 0.2) is 11.5 Å². The summed E-state index contributed by atoms with van der Waals surface area (Å²) >= 11 is 18.5. The summed E-state index contributed by atoms with van der Waals surface area (Å²) in [4.78, 5) is 15.6. The Balaban J connectivity index is 0.00000484. The van der Waals surface area contributed by atoms with Gasteiger partial charge in [-0.1, -0.05) is 46.9 Å². The number of nitrogens with one attached hydrogen (secondary N) is 2. The zero-order valence-electron chi connectivity index (χ0n) is 23.5. The molecule has 0 spiro atoms. The van der Waals surface area contributed by atoms with Crippen molar-refractivity contribution in [2.45, 2.75) is 27.4 Å². The van der Waals surface area contributed by atoms with E-state index in [9.17, 15) is 0 Å². The fourth-order valence-corrected chi connectivity index (χ4v) is 4.40. The minimum Gasteiger partial charge on any atom is -0.493 e. The van der Waals surface area contributed by atoms with Gasteiger partial charge in [0, 0.05) is 39.4 Å². The van der Waals surface area contributed by atoms with Gasteiger partial charge in [0.25, 0.3) is 0 Å². The average molecular weight is 651 g/mol. The Morgan fingerprint density at radius 2 is 1.64 bits per heavy atom. The number of aryl methyl sites for hydroxylation is 1. The van der Waals surface area contributed by atoms with E-state index in [2.05, 4.69) is 30.8 Å². The molecule has 1 aromatic heterocycles. The van der Waals surface area contributed by atoms with E-state index in [1.165, 1.54) is 0 Å². The second-order valence-corrected chi connectivity index (χ2v) is 10.1. The summed E-state index contributed by atoms with van der Waals surface area (Å²) < 4.78 is 11.5. The van der Waals surface area contributed by atoms with Crippen molar-refractivity contribution in [3.63, 3.8) is 0 Å². The molecule has 0 atom stereocenters. The summed E-state index contributed by atoms with van der Waals surface area (Å²) in [6.07, 6.45) is 1.64. The number of anilines is 4. The van der Waals surface area contributed by atoms with Crippen LogP contribution in [0.2, 0.25) is 15.1 Å². The van der Waals surface area contributed by atoms with E-state index in [1.54, 1.807) is 31.5 Å². The summed E-state index contributed by atoms with van der Waals surface area (Å²) in [5.41, 5.74) is 6.24. The van der Waals surface area contributed by atoms with E-state index < -0.39 is 0 Å². The van der Waals surface area contributed by atoms with Crippen molar-refractivity contribution in [1.82, 2.24) is 15.0 Å². The van der Waals surface area contributed by atoms with Crippen LogP contribution in [0, 0.1) is 6.92 Å². The molecule has 222 valence electrons. The van der Waals surface area contributed by atoms with Crippen LogP contribution in [0.15, 0.2) is 59.7 Å². The van der Waals surface area contributed by atoms with Crippen molar-refractivity contribution in [3.8, 4) is 11.5 Å². The fraction of sp³-hybridized carbons (Fsp3) is 0.241. The lowest BCUT2D eigenvalue weighted by atomic mass is 10.2. The number of aromatic nitrogens is 3. The highest BCUT2D eigenvalue weighted by Gasteiger charge is 2.12. The highest BCUT2D eigenvalue weighted by molar-refractivity contribution is 6.35. The first-order valence-electron chi connectivity index (χ1n) is 12.9. The maximum Gasteiger partial charge on any atom is 0.250 e. The normalized spacial score (nSPS) is 10.7. The first kappa shape index (κ1) is 33.0. The molecule has 0 fully saturated rings. The van der Waals surface area contributed by atoms with Crippen LogP contribution in [0.3, 0.4) is 0 Å². The topological polar surface area (TPSA) is 96.8 Å². The van der Waals surface area contributed by atoms with E-state index in [-0.39, 0.29) is 25.0 Å². The van der Waals surface area contributed by atoms with E-state index >= 15 is 0 Å². The van der Waals surface area contributed by atoms with Crippen LogP contribution in [-0.4, -0.2) is 41.4 Å². The molecule has 0 aliphatic carbocycles. The van der Waals surface area contributed by atoms with Crippen LogP contribution >= 0.6 is 47.2 Å². The molecule has 0 aliphatic heterocycles. The van der Waals surface area contributed by atoms with E-state index in [4.69, 9.17) is 44.3 Å². The van der Waals surface area contributed by atoms with Crippen LogP contribution in [0.1, 0.15) is 30.5 Å². The molecule has 0 aliphatic rings. The summed E-state index contributed by atoms with van der Waals surface area (Å²) in [7, 11) is 1.58. The fourth-order valence-electron chi connectivity index (χ4n) is 3.76. The lowest BCUT2D eigenvalue weighted by Gasteiger charge is -2.19. The van der Waals surface area contributed by atoms with E-state index in [0.717, 1.165) is 35.5 Å². The van der Waals surface area contributed by atoms with Crippen molar-refractivity contribution >= 4 is 77.0 Å². The summed E-state index contributed by atoms with van der Waals surface area (Å²) in [5, 5.41) is 9.29. The Kier molecular flexibility index (Phi) is 12.3. The number of hydrazone groups is 1. The molecule has 3 aromatic carbocycles. The number of nitrogens with zero attached hydrogens (tertiary/aromatic N) is 5. The molecule has 9 nitrogen and oxygen atoms in total. The van der Waals surface area contributed by atoms with Gasteiger partial charge in [0.05, 0.1) is 13.3 Å². The van der Waals surface area contributed by atoms with Crippen LogP contribution in [0.25, 0.3) is 0 Å². The zero-order valence-corrected chi connectivity index (χ0v) is 26.6. The summed E-state index contributed by atoms with van der Waals surface area (Å²) in [6, 6.07) is 16.4. The third-order valence-electron chi connectivity index (χ3n) is 6.06. The molecule has 1 heterocycles. The molecule has 4 aromatic rings. The Bertz CT molecular complexity index is 1530. The minimum absolute atomic E-state index is 0. The van der Waals surface area contributed by atoms with Crippen LogP contribution < -0.4 is 25.1 Å². The number of rotatable bonds is 12. The van der Waals surface area contributed by atoms with Gasteiger partial charge in [0.2, 0.25) is 17.8 Å². The highest BCUT2D eigenvalue weighted by atomic mass is 35.5. The van der Waals surface area contributed by atoms with Gasteiger partial charge < -0.3 is 19.7 Å². The maximum atomic E-state index is 6.29. The zero-order chi connectivity index (χ0) is 29.4. The van der Waals surface area contributed by atoms with Crippen molar-refractivity contribution in [2.24, 2.45) is 5.10 Å². The second kappa shape index (κ2) is 15.7. The quantitative estimate of drug-likeness (QED) is 0.117. The third-order valence-corrected chi connectivity index (χ3v) is 7.06. The second-order valence-electron chi connectivity index (χ2n) is 8.85. The lowest BCUT2D eigenvalue weighted by Crippen LogP contribution is -2.25. The number of hydrogen-bond acceptors (Lipinski definition) is 9. The van der Waals surface area contributed by atoms with Gasteiger partial charge in [0.1, 0.15) is 6.61 Å². The first-order chi connectivity index (χ1) is 19.8. The van der Waals surface area contributed by atoms with E-state index in [1.807, 2.05) is 62.1 Å². The Hall–Kier alpha value is -3.50. The number of benzene rings is 3. The molecule has 0 bridgehead atoms. The molecule has 0 radical (unpaired) electrons. The smallest absolute Gasteiger partial charge is 0.250 e. The Morgan fingerprint density at radius 3 is 2.33 bits per heavy atom. The van der Waals surface area contributed by atoms with Gasteiger partial charge in [-0.2, -0.15) is 20.1 Å². The Labute approximate surface area is 266 Å². The van der Waals surface area contributed by atoms with Crippen molar-refractivity contribution in [2.75, 3.05) is 35.8 Å². The van der Waals surface area contributed by atoms with E-state index in [0.29, 0.717) is 38.5 Å². The largest absolute Gasteiger partial charge is 0.493 e. The van der Waals surface area contributed by atoms with Crippen LogP contribution in [-0.2, 0) is 6.61 Å². The highest BCUT2D eigenvalue weighted by Crippen LogP contribution is 2.30. The number of halogens is 4. The minimum atomic E-state index is 0. The molecule has 0 saturated heterocycles. The van der Waals surface area contributed by atoms with Gasteiger partial charge >= 0.3 is 0 Å². The van der Waals surface area contributed by atoms with Gasteiger partial charge in [-0.3, -0.25) is 0 Å². The molecule has 13 heteroatoms. The molecule has 2 N–H and O–H groups in total. The van der Waals surface area contributed by atoms with Gasteiger partial charge in [-0.05, 0) is 74.4 Å². The molecule has 0 saturated carbocycles. The van der Waals surface area contributed by atoms with Crippen LogP contribution in [0.5, 0.6) is 11.5 Å². The molecular weight excluding hydrogens is 620 g/mol. The Morgan fingerprint density at radius 1 is 0.881 bits per heavy atom. The monoisotopic (exact) mass is 649 g/mol. The van der Waals surface area contributed by atoms with Crippen molar-refractivity contribution < 1.29 is 9.47 Å². The standard InChI is InChI=1S/C29H30Cl3N7O2.ClH/c1-5-39(6-2)29-36-27(34-22-11-7-18(3)23(31)15-22)35-28(37-29)38-33-16-19-8-12-25(26(13-19)40-4)41-17-20-9-10-21(30)14-24(20)32;/h7-16H,5-6,17H2,1-4H3,(H2,34,35,36,37,38);1H. The molecule has 0 amide bonds. The summed E-state index contributed by atoms with van der Waals surface area (Å²) in [5.74, 6) is 2.28. The van der Waals surface area contributed by atoms with Crippen molar-refractivity contribution in [3.05, 3.63) is 86.4 Å². The van der Waals surface area contributed by atoms with Gasteiger partial charge in [-0.15, -0.1) is 12.4 Å². The third kappa shape index (κ3) is 8.75. The molecule has 0 unspecified atom stereocenters. The predicted molar refractivity (Wildman–Crippen MR) is 175 cm³/mol. The average Bonchev–Trinajstić information content (AvgIpc) is 2.95. The number of hydrogen-bond donors (Lipinski definition) is 2. The maximum absolute atomic E-state index is 6.29. The predicted octanol–water partition coefficient (Wildman–Crippen LogP) is 8.19. The summed E-state index contributed by atoms with van der Waals surface area (Å²) in [6.45, 7) is 7.75. The lowest BCUT2D eigenvalue weighted by molar-refractivity contribution is 0.284.